The van der Waals surface area contributed by atoms with E-state index in [0.29, 0.717) is 6.42 Å². The molecule has 0 spiro atoms. The second-order valence-electron chi connectivity index (χ2n) is 14.5. The summed E-state index contributed by atoms with van der Waals surface area (Å²) in [5, 5.41) is 117. The Morgan fingerprint density at radius 2 is 1.07 bits per heavy atom. The van der Waals surface area contributed by atoms with Gasteiger partial charge in [0.25, 0.3) is 0 Å². The highest BCUT2D eigenvalue weighted by Crippen LogP contribution is 2.43. The lowest BCUT2D eigenvalue weighted by Crippen LogP contribution is -2.67. The van der Waals surface area contributed by atoms with Crippen molar-refractivity contribution in [1.29, 1.82) is 0 Å². The molecule has 16 N–H and O–H groups in total. The smallest absolute Gasteiger partial charge is 0.394 e. The van der Waals surface area contributed by atoms with Gasteiger partial charge in [-0.25, -0.2) is 4.57 Å². The van der Waals surface area contributed by atoms with Crippen LogP contribution in [0.4, 0.5) is 0 Å². The Balaban J connectivity index is 1.43. The van der Waals surface area contributed by atoms with Gasteiger partial charge in [-0.3, -0.25) is 9.05 Å². The largest absolute Gasteiger partial charge is 0.472 e. The summed E-state index contributed by atoms with van der Waals surface area (Å²) in [5.41, 5.74) is 11.4. The minimum atomic E-state index is -4.71. The summed E-state index contributed by atoms with van der Waals surface area (Å²) in [6, 6.07) is -1.19. The molecule has 21 atom stereocenters. The monoisotopic (exact) mass is 904 g/mol. The number of nitrogens with two attached hydrogens (primary N) is 2. The van der Waals surface area contributed by atoms with Crippen molar-refractivity contribution in [1.82, 2.24) is 0 Å². The summed E-state index contributed by atoms with van der Waals surface area (Å²) in [4.78, 5) is 9.83. The van der Waals surface area contributed by atoms with Crippen LogP contribution in [0.15, 0.2) is 0 Å². The fourth-order valence-corrected chi connectivity index (χ4v) is 7.68. The van der Waals surface area contributed by atoms with Crippen LogP contribution in [0.3, 0.4) is 0 Å². The number of aliphatic hydroxyl groups is 11. The average Bonchev–Trinajstić information content (AvgIpc) is 3.22. The van der Waals surface area contributed by atoms with E-state index in [1.807, 2.05) is 0 Å². The van der Waals surface area contributed by atoms with Crippen LogP contribution in [0, 0.1) is 0 Å². The van der Waals surface area contributed by atoms with Crippen LogP contribution in [0.2, 0.25) is 0 Å². The Bertz CT molecular complexity index is 1270. The third kappa shape index (κ3) is 13.3. The third-order valence-corrected chi connectivity index (χ3v) is 11.5. The van der Waals surface area contributed by atoms with Crippen molar-refractivity contribution in [3.63, 3.8) is 0 Å². The molecule has 348 valence electrons. The van der Waals surface area contributed by atoms with Crippen LogP contribution >= 0.6 is 20.5 Å². The summed E-state index contributed by atoms with van der Waals surface area (Å²) < 4.78 is 67.0. The molecule has 0 radical (unpaired) electrons. The Labute approximate surface area is 344 Å². The molecule has 4 heterocycles. The molecule has 0 aromatic carbocycles. The van der Waals surface area contributed by atoms with Gasteiger partial charge in [0.15, 0.2) is 25.2 Å². The second-order valence-corrected chi connectivity index (χ2v) is 16.4. The van der Waals surface area contributed by atoms with Gasteiger partial charge in [-0.1, -0.05) is 12.8 Å². The maximum atomic E-state index is 12.1. The normalized spacial score (nSPS) is 44.3. The maximum Gasteiger partial charge on any atom is 0.472 e. The average molecular weight is 905 g/mol. The van der Waals surface area contributed by atoms with Crippen LogP contribution in [0.1, 0.15) is 25.7 Å². The van der Waals surface area contributed by atoms with E-state index in [1.165, 1.54) is 0 Å². The van der Waals surface area contributed by atoms with Gasteiger partial charge in [-0.05, 0) is 18.6 Å². The molecule has 0 aromatic rings. The zero-order valence-electron chi connectivity index (χ0n) is 31.9. The van der Waals surface area contributed by atoms with Crippen LogP contribution in [0.5, 0.6) is 0 Å². The van der Waals surface area contributed by atoms with Crippen molar-refractivity contribution in [2.24, 2.45) is 11.5 Å². The molecule has 27 heteroatoms. The molecule has 4 rings (SSSR count). The van der Waals surface area contributed by atoms with Gasteiger partial charge in [0, 0.05) is 13.2 Å². The Hall–Kier alpha value is -0.380. The Kier molecular flexibility index (Phi) is 20.9. The number of unbranched alkanes of at least 4 members (excludes halogenated alkanes) is 3. The van der Waals surface area contributed by atoms with Crippen molar-refractivity contribution >= 4 is 20.5 Å². The molecule has 0 aromatic heterocycles. The number of hydrogen-bond donors (Lipinski definition) is 15. The van der Waals surface area contributed by atoms with Gasteiger partial charge >= 0.3 is 7.82 Å². The standard InChI is InChI=1S/C32H61N2O23PS/c33-5-7-50-58(46,47)51-12-16-20(39)23(42)26(45)31(55-16)57-28-24(43)18(37)13(9-35)52-32(28)49-11-15-19(38)22(41)25(44)30(54-15)56-27-14(10-36)53-29(17(34)21(27)40)48-6-3-1-2-4-8-59/h13-32,35-45,59H,1-12,33-34H2,(H,46,47)/t13-,14-,15-,16-,17-,18-,19-,20-,21-,22+,23+,24+,25+,26+,27-,28+,29-,30-,31-,32+/m1/s1. The molecule has 0 aliphatic carbocycles. The van der Waals surface area contributed by atoms with Gasteiger partial charge in [0.1, 0.15) is 91.6 Å². The van der Waals surface area contributed by atoms with Gasteiger partial charge in [-0.2, -0.15) is 12.6 Å². The topological polar surface area (TPSA) is 404 Å². The van der Waals surface area contributed by atoms with Gasteiger partial charge in [0.2, 0.25) is 0 Å². The van der Waals surface area contributed by atoms with Crippen molar-refractivity contribution < 1.29 is 113 Å². The predicted molar refractivity (Wildman–Crippen MR) is 196 cm³/mol. The molecule has 0 saturated carbocycles. The fourth-order valence-electron chi connectivity index (χ4n) is 6.71. The zero-order valence-corrected chi connectivity index (χ0v) is 33.7. The predicted octanol–water partition coefficient (Wildman–Crippen LogP) is -7.17. The van der Waals surface area contributed by atoms with Crippen molar-refractivity contribution in [3.8, 4) is 0 Å². The minimum absolute atomic E-state index is 0.132. The molecule has 0 amide bonds. The highest BCUT2D eigenvalue weighted by atomic mass is 32.1. The van der Waals surface area contributed by atoms with E-state index in [2.05, 4.69) is 17.2 Å². The molecule has 0 bridgehead atoms. The zero-order chi connectivity index (χ0) is 43.6. The Morgan fingerprint density at radius 1 is 0.542 bits per heavy atom. The molecule has 4 aliphatic rings. The first-order chi connectivity index (χ1) is 28.0. The fraction of sp³-hybridized carbons (Fsp3) is 1.00. The maximum absolute atomic E-state index is 12.1. The van der Waals surface area contributed by atoms with Crippen LogP contribution < -0.4 is 11.5 Å². The number of rotatable bonds is 22. The molecule has 1 unspecified atom stereocenters. The summed E-state index contributed by atoms with van der Waals surface area (Å²) in [6.07, 6.45) is -29.9. The van der Waals surface area contributed by atoms with Crippen molar-refractivity contribution in [2.45, 2.75) is 148 Å². The van der Waals surface area contributed by atoms with E-state index in [4.69, 9.17) is 53.9 Å². The molecular weight excluding hydrogens is 843 g/mol. The lowest BCUT2D eigenvalue weighted by Gasteiger charge is -2.47. The number of ether oxygens (including phenoxy) is 8. The lowest BCUT2D eigenvalue weighted by atomic mass is 9.96. The van der Waals surface area contributed by atoms with E-state index >= 15 is 0 Å². The quantitative estimate of drug-likeness (QED) is 0.0273. The Morgan fingerprint density at radius 3 is 1.64 bits per heavy atom. The van der Waals surface area contributed by atoms with E-state index in [9.17, 15) is 65.6 Å². The first-order valence-corrected chi connectivity index (χ1v) is 21.3. The number of aliphatic hydroxyl groups excluding tert-OH is 11. The minimum Gasteiger partial charge on any atom is -0.394 e. The molecule has 59 heavy (non-hydrogen) atoms. The molecule has 4 fully saturated rings. The van der Waals surface area contributed by atoms with Crippen LogP contribution in [-0.2, 0) is 51.5 Å². The number of thiol groups is 1. The SMILES string of the molecule is NCCOP(=O)(O)OC[C@H]1O[C@H](O[C@@H]2[C@@H](OC[C@H]3O[C@H](O[C@H]4[C@H](O)[C@@H](N)[C@H](OCCCCCCS)O[C@@H]4CO)[C@@H](O)[C@@H](O)[C@@H]3O)O[C@H](CO)[C@@H](O)[C@@H]2O)[C@@H](O)[C@@H](O)[C@@H]1O. The van der Waals surface area contributed by atoms with Crippen LogP contribution in [0.25, 0.3) is 0 Å². The molecular formula is C32H61N2O23PS. The van der Waals surface area contributed by atoms with Crippen molar-refractivity contribution in [3.05, 3.63) is 0 Å². The summed E-state index contributed by atoms with van der Waals surface area (Å²) in [7, 11) is -4.71. The molecule has 4 aliphatic heterocycles. The van der Waals surface area contributed by atoms with Gasteiger partial charge in [0.05, 0.1) is 39.1 Å². The summed E-state index contributed by atoms with van der Waals surface area (Å²) in [5.74, 6) is 0.755. The molecule has 4 saturated heterocycles. The van der Waals surface area contributed by atoms with E-state index in [-0.39, 0.29) is 19.8 Å². The highest BCUT2D eigenvalue weighted by molar-refractivity contribution is 7.80. The van der Waals surface area contributed by atoms with E-state index in [1.54, 1.807) is 0 Å². The third-order valence-electron chi connectivity index (χ3n) is 10.2. The van der Waals surface area contributed by atoms with Crippen molar-refractivity contribution in [2.75, 3.05) is 51.9 Å². The van der Waals surface area contributed by atoms with Crippen LogP contribution in [-0.4, -0.2) is 236 Å². The first kappa shape index (κ1) is 51.3. The van der Waals surface area contributed by atoms with Gasteiger partial charge < -0.3 is 110 Å². The molecule has 25 nitrogen and oxygen atoms in total. The lowest BCUT2D eigenvalue weighted by molar-refractivity contribution is -0.376. The van der Waals surface area contributed by atoms with E-state index < -0.39 is 157 Å². The number of phosphoric ester groups is 1. The van der Waals surface area contributed by atoms with E-state index in [0.717, 1.165) is 25.0 Å². The first-order valence-electron chi connectivity index (χ1n) is 19.2. The highest BCUT2D eigenvalue weighted by Gasteiger charge is 2.54. The van der Waals surface area contributed by atoms with Gasteiger partial charge in [-0.15, -0.1) is 0 Å². The number of hydrogen-bond acceptors (Lipinski definition) is 25. The summed E-state index contributed by atoms with van der Waals surface area (Å²) in [6.45, 7) is -3.48. The second kappa shape index (κ2) is 24.1. The number of phosphoric acid groups is 1. The summed E-state index contributed by atoms with van der Waals surface area (Å²) >= 11 is 4.18.